The number of carbonyl (C=O) groups excluding carboxylic acids is 1. The van der Waals surface area contributed by atoms with E-state index in [1.165, 1.54) is 11.8 Å². The lowest BCUT2D eigenvalue weighted by molar-refractivity contribution is -0.113. The molecule has 0 bridgehead atoms. The number of hydrogen-bond donors (Lipinski definition) is 0. The molecule has 6 heteroatoms. The number of carbonyl (C=O) groups is 1. The Morgan fingerprint density at radius 3 is 2.57 bits per heavy atom. The van der Waals surface area contributed by atoms with Gasteiger partial charge in [-0.2, -0.15) is 0 Å². The Balaban J connectivity index is 1.94. The molecule has 0 unspecified atom stereocenters. The van der Waals surface area contributed by atoms with Gasteiger partial charge in [0.1, 0.15) is 0 Å². The number of aryl methyl sites for hydroxylation is 1. The molecule has 1 aliphatic rings. The number of thiocarbonyl (C=S) groups is 1. The van der Waals surface area contributed by atoms with Gasteiger partial charge in [-0.15, -0.1) is 0 Å². The molecule has 1 amide bonds. The van der Waals surface area contributed by atoms with Crippen molar-refractivity contribution in [3.05, 3.63) is 57.7 Å². The highest BCUT2D eigenvalue weighted by Crippen LogP contribution is 2.36. The smallest absolute Gasteiger partial charge is 0.270 e. The molecule has 0 atom stereocenters. The van der Waals surface area contributed by atoms with E-state index in [1.807, 2.05) is 60.3 Å². The third-order valence-electron chi connectivity index (χ3n) is 3.14. The Bertz CT molecular complexity index is 749. The van der Waals surface area contributed by atoms with Crippen LogP contribution in [-0.4, -0.2) is 14.8 Å². The van der Waals surface area contributed by atoms with E-state index < -0.39 is 0 Å². The van der Waals surface area contributed by atoms with Gasteiger partial charge in [-0.05, 0) is 42.5 Å². The maximum Gasteiger partial charge on any atom is 0.270 e. The average molecular weight is 379 g/mol. The number of rotatable bonds is 2. The summed E-state index contributed by atoms with van der Waals surface area (Å²) in [7, 11) is 1.95. The summed E-state index contributed by atoms with van der Waals surface area (Å²) in [5.74, 6) is -0.0754. The van der Waals surface area contributed by atoms with E-state index in [1.54, 1.807) is 4.90 Å². The van der Waals surface area contributed by atoms with Crippen LogP contribution in [0.1, 0.15) is 5.69 Å². The molecular weight excluding hydrogens is 368 g/mol. The van der Waals surface area contributed by atoms with Gasteiger partial charge in [0.15, 0.2) is 4.32 Å². The number of halogens is 1. The van der Waals surface area contributed by atoms with Gasteiger partial charge in [0.25, 0.3) is 5.91 Å². The fourth-order valence-electron chi connectivity index (χ4n) is 2.04. The minimum atomic E-state index is -0.0754. The van der Waals surface area contributed by atoms with Gasteiger partial charge in [0.05, 0.1) is 10.6 Å². The number of thioether (sulfide) groups is 1. The molecule has 21 heavy (non-hydrogen) atoms. The summed E-state index contributed by atoms with van der Waals surface area (Å²) in [5.41, 5.74) is 1.77. The van der Waals surface area contributed by atoms with Crippen LogP contribution in [0.2, 0.25) is 0 Å². The molecule has 2 aromatic rings. The zero-order chi connectivity index (χ0) is 15.0. The van der Waals surface area contributed by atoms with Crippen molar-refractivity contribution in [2.45, 2.75) is 0 Å². The van der Waals surface area contributed by atoms with Gasteiger partial charge in [-0.1, -0.05) is 39.9 Å². The third-order valence-corrected chi connectivity index (χ3v) is 4.97. The molecule has 1 aromatic heterocycles. The fourth-order valence-corrected chi connectivity index (χ4v) is 3.59. The number of anilines is 1. The Hall–Kier alpha value is -1.37. The first-order valence-corrected chi connectivity index (χ1v) is 8.23. The molecule has 1 aromatic carbocycles. The summed E-state index contributed by atoms with van der Waals surface area (Å²) in [6.07, 6.45) is 3.82. The molecule has 1 fully saturated rings. The summed E-state index contributed by atoms with van der Waals surface area (Å²) in [4.78, 5) is 14.8. The van der Waals surface area contributed by atoms with Crippen molar-refractivity contribution < 1.29 is 4.79 Å². The van der Waals surface area contributed by atoms with Crippen LogP contribution in [0.3, 0.4) is 0 Å². The topological polar surface area (TPSA) is 25.2 Å². The van der Waals surface area contributed by atoms with Crippen molar-refractivity contribution in [2.75, 3.05) is 4.90 Å². The van der Waals surface area contributed by atoms with Crippen molar-refractivity contribution in [2.24, 2.45) is 7.05 Å². The van der Waals surface area contributed by atoms with E-state index in [4.69, 9.17) is 12.2 Å². The minimum absolute atomic E-state index is 0.0754. The van der Waals surface area contributed by atoms with Crippen LogP contribution in [0.15, 0.2) is 52.0 Å². The second-order valence-electron chi connectivity index (χ2n) is 4.54. The van der Waals surface area contributed by atoms with Crippen LogP contribution in [0.5, 0.6) is 0 Å². The summed E-state index contributed by atoms with van der Waals surface area (Å²) in [6.45, 7) is 0. The Morgan fingerprint density at radius 2 is 1.95 bits per heavy atom. The van der Waals surface area contributed by atoms with Crippen molar-refractivity contribution in [1.29, 1.82) is 0 Å². The van der Waals surface area contributed by atoms with Crippen molar-refractivity contribution in [3.8, 4) is 0 Å². The first-order chi connectivity index (χ1) is 10.1. The van der Waals surface area contributed by atoms with Gasteiger partial charge >= 0.3 is 0 Å². The van der Waals surface area contributed by atoms with E-state index in [-0.39, 0.29) is 5.91 Å². The second-order valence-corrected chi connectivity index (χ2v) is 7.13. The zero-order valence-corrected chi connectivity index (χ0v) is 14.3. The summed E-state index contributed by atoms with van der Waals surface area (Å²) in [5, 5.41) is 0. The van der Waals surface area contributed by atoms with Crippen molar-refractivity contribution in [3.63, 3.8) is 0 Å². The monoisotopic (exact) mass is 378 g/mol. The van der Waals surface area contributed by atoms with Crippen molar-refractivity contribution in [1.82, 2.24) is 4.57 Å². The SMILES string of the molecule is Cn1cccc1/C=C1\SC(=S)N(c2ccc(Br)cc2)C1=O. The van der Waals surface area contributed by atoms with Crippen LogP contribution in [0.25, 0.3) is 6.08 Å². The summed E-state index contributed by atoms with van der Waals surface area (Å²) >= 11 is 10.1. The maximum absolute atomic E-state index is 12.6. The van der Waals surface area contributed by atoms with E-state index in [2.05, 4.69) is 15.9 Å². The summed E-state index contributed by atoms with van der Waals surface area (Å²) in [6, 6.07) is 11.5. The second kappa shape index (κ2) is 5.79. The van der Waals surface area contributed by atoms with Crippen LogP contribution < -0.4 is 4.90 Å². The molecule has 0 spiro atoms. The van der Waals surface area contributed by atoms with Crippen LogP contribution in [0, 0.1) is 0 Å². The Kier molecular flexibility index (Phi) is 4.01. The normalized spacial score (nSPS) is 17.0. The number of benzene rings is 1. The molecule has 0 saturated carbocycles. The Morgan fingerprint density at radius 1 is 1.24 bits per heavy atom. The number of amides is 1. The largest absolute Gasteiger partial charge is 0.351 e. The lowest BCUT2D eigenvalue weighted by Gasteiger charge is -2.14. The van der Waals surface area contributed by atoms with E-state index in [0.717, 1.165) is 15.9 Å². The fraction of sp³-hybridized carbons (Fsp3) is 0.0667. The van der Waals surface area contributed by atoms with E-state index >= 15 is 0 Å². The minimum Gasteiger partial charge on any atom is -0.351 e. The molecule has 2 heterocycles. The molecule has 106 valence electrons. The van der Waals surface area contributed by atoms with E-state index in [9.17, 15) is 4.79 Å². The van der Waals surface area contributed by atoms with Crippen LogP contribution in [-0.2, 0) is 11.8 Å². The lowest BCUT2D eigenvalue weighted by atomic mass is 10.3. The molecule has 1 aliphatic heterocycles. The zero-order valence-electron chi connectivity index (χ0n) is 11.1. The highest BCUT2D eigenvalue weighted by molar-refractivity contribution is 9.10. The molecular formula is C15H11BrN2OS2. The summed E-state index contributed by atoms with van der Waals surface area (Å²) < 4.78 is 3.49. The molecule has 0 radical (unpaired) electrons. The average Bonchev–Trinajstić information content (AvgIpc) is 2.97. The first-order valence-electron chi connectivity index (χ1n) is 6.21. The van der Waals surface area contributed by atoms with Gasteiger partial charge < -0.3 is 4.57 Å². The van der Waals surface area contributed by atoms with Crippen molar-refractivity contribution >= 4 is 61.9 Å². The van der Waals surface area contributed by atoms with Gasteiger partial charge in [0.2, 0.25) is 0 Å². The third kappa shape index (κ3) is 2.84. The maximum atomic E-state index is 12.6. The molecule has 3 nitrogen and oxygen atoms in total. The van der Waals surface area contributed by atoms with Gasteiger partial charge in [-0.3, -0.25) is 9.69 Å². The first kappa shape index (κ1) is 14.6. The highest BCUT2D eigenvalue weighted by Gasteiger charge is 2.33. The standard InChI is InChI=1S/C15H11BrN2OS2/c1-17-8-2-3-12(17)9-13-14(19)18(15(20)21-13)11-6-4-10(16)5-7-11/h2-9H,1H3/b13-9-. The van der Waals surface area contributed by atoms with Gasteiger partial charge in [0, 0.05) is 23.4 Å². The quantitative estimate of drug-likeness (QED) is 0.578. The molecule has 3 rings (SSSR count). The predicted octanol–water partition coefficient (Wildman–Crippen LogP) is 4.19. The number of aromatic nitrogens is 1. The number of hydrogen-bond acceptors (Lipinski definition) is 3. The molecule has 0 aliphatic carbocycles. The molecule has 1 saturated heterocycles. The Labute approximate surface area is 140 Å². The highest BCUT2D eigenvalue weighted by atomic mass is 79.9. The predicted molar refractivity (Wildman–Crippen MR) is 95.2 cm³/mol. The lowest BCUT2D eigenvalue weighted by Crippen LogP contribution is -2.27. The molecule has 0 N–H and O–H groups in total. The van der Waals surface area contributed by atoms with Crippen LogP contribution in [0.4, 0.5) is 5.69 Å². The van der Waals surface area contributed by atoms with Gasteiger partial charge in [-0.25, -0.2) is 0 Å². The van der Waals surface area contributed by atoms with E-state index in [0.29, 0.717) is 9.23 Å². The van der Waals surface area contributed by atoms with Crippen LogP contribution >= 0.6 is 39.9 Å². The number of nitrogens with zero attached hydrogens (tertiary/aromatic N) is 2.